The second-order valence-electron chi connectivity index (χ2n) is 5.86. The van der Waals surface area contributed by atoms with E-state index in [4.69, 9.17) is 0 Å². The van der Waals surface area contributed by atoms with E-state index in [2.05, 4.69) is 15.6 Å². The molecule has 1 heterocycles. The minimum absolute atomic E-state index is 0.365. The number of urea groups is 1. The van der Waals surface area contributed by atoms with Crippen molar-refractivity contribution in [2.75, 3.05) is 5.32 Å². The van der Waals surface area contributed by atoms with Crippen molar-refractivity contribution in [3.05, 3.63) is 66.2 Å². The second-order valence-corrected chi connectivity index (χ2v) is 7.23. The number of imide groups is 1. The predicted molar refractivity (Wildman–Crippen MR) is 105 cm³/mol. The van der Waals surface area contributed by atoms with Gasteiger partial charge < -0.3 is 5.32 Å². The summed E-state index contributed by atoms with van der Waals surface area (Å²) in [6, 6.07) is 18.3. The normalized spacial score (nSPS) is 11.8. The molecule has 1 atom stereocenters. The van der Waals surface area contributed by atoms with Crippen LogP contribution >= 0.6 is 11.8 Å². The molecule has 132 valence electrons. The third kappa shape index (κ3) is 4.40. The number of aromatic nitrogens is 1. The second kappa shape index (κ2) is 8.01. The predicted octanol–water partition coefficient (Wildman–Crippen LogP) is 4.37. The number of aryl methyl sites for hydroxylation is 1. The Bertz CT molecular complexity index is 944. The van der Waals surface area contributed by atoms with Crippen LogP contribution in [0.1, 0.15) is 12.5 Å². The van der Waals surface area contributed by atoms with Crippen LogP contribution < -0.4 is 10.6 Å². The number of thioether (sulfide) groups is 1. The topological polar surface area (TPSA) is 71.1 Å². The number of carbonyl (C=O) groups is 2. The summed E-state index contributed by atoms with van der Waals surface area (Å²) in [4.78, 5) is 28.8. The van der Waals surface area contributed by atoms with E-state index >= 15 is 0 Å². The summed E-state index contributed by atoms with van der Waals surface area (Å²) < 4.78 is 0. The molecule has 0 fully saturated rings. The fraction of sp³-hybridized carbons (Fsp3) is 0.150. The highest BCUT2D eigenvalue weighted by molar-refractivity contribution is 8.00. The minimum Gasteiger partial charge on any atom is -0.308 e. The molecule has 0 saturated heterocycles. The van der Waals surface area contributed by atoms with Crippen LogP contribution in [0.4, 0.5) is 10.5 Å². The Labute approximate surface area is 156 Å². The zero-order valence-electron chi connectivity index (χ0n) is 14.5. The fourth-order valence-electron chi connectivity index (χ4n) is 2.51. The average molecular weight is 365 g/mol. The Morgan fingerprint density at radius 2 is 1.73 bits per heavy atom. The molecule has 0 aliphatic carbocycles. The average Bonchev–Trinajstić information content (AvgIpc) is 2.62. The molecule has 0 saturated carbocycles. The van der Waals surface area contributed by atoms with Crippen molar-refractivity contribution in [3.63, 3.8) is 0 Å². The molecular formula is C20H19N3O2S. The lowest BCUT2D eigenvalue weighted by Crippen LogP contribution is -2.38. The Kier molecular flexibility index (Phi) is 5.53. The zero-order chi connectivity index (χ0) is 18.5. The smallest absolute Gasteiger partial charge is 0.308 e. The van der Waals surface area contributed by atoms with E-state index < -0.39 is 11.3 Å². The lowest BCUT2D eigenvalue weighted by atomic mass is 10.1. The summed E-state index contributed by atoms with van der Waals surface area (Å²) in [6.45, 7) is 3.77. The number of hydrogen-bond donors (Lipinski definition) is 2. The highest BCUT2D eigenvalue weighted by Gasteiger charge is 2.18. The van der Waals surface area contributed by atoms with Crippen LogP contribution in [0.3, 0.4) is 0 Å². The van der Waals surface area contributed by atoms with Crippen LogP contribution in [0.25, 0.3) is 10.9 Å². The Hall–Kier alpha value is -2.86. The van der Waals surface area contributed by atoms with Crippen LogP contribution in [-0.2, 0) is 4.79 Å². The quantitative estimate of drug-likeness (QED) is 0.674. The molecule has 1 unspecified atom stereocenters. The van der Waals surface area contributed by atoms with E-state index in [1.807, 2.05) is 55.5 Å². The standard InChI is InChI=1S/C20H19N3O2S/c1-13-12-18(22-17-11-7-6-10-16(13)17)26-14(2)19(24)23-20(25)21-15-8-4-3-5-9-15/h3-12,14H,1-2H3,(H2,21,23,24,25). The number of amides is 3. The maximum Gasteiger partial charge on any atom is 0.325 e. The molecule has 26 heavy (non-hydrogen) atoms. The van der Waals surface area contributed by atoms with Gasteiger partial charge in [-0.15, -0.1) is 0 Å². The summed E-state index contributed by atoms with van der Waals surface area (Å²) in [5, 5.41) is 6.39. The van der Waals surface area contributed by atoms with E-state index in [9.17, 15) is 9.59 Å². The van der Waals surface area contributed by atoms with E-state index in [0.717, 1.165) is 21.5 Å². The molecule has 0 spiro atoms. The Balaban J connectivity index is 1.63. The maximum atomic E-state index is 12.3. The number of benzene rings is 2. The van der Waals surface area contributed by atoms with Gasteiger partial charge in [-0.3, -0.25) is 10.1 Å². The lowest BCUT2D eigenvalue weighted by Gasteiger charge is -2.12. The summed E-state index contributed by atoms with van der Waals surface area (Å²) in [5.41, 5.74) is 2.63. The van der Waals surface area contributed by atoms with Gasteiger partial charge in [0.25, 0.3) is 0 Å². The van der Waals surface area contributed by atoms with Crippen LogP contribution in [0.15, 0.2) is 65.7 Å². The Morgan fingerprint density at radius 3 is 2.50 bits per heavy atom. The molecule has 5 nitrogen and oxygen atoms in total. The number of hydrogen-bond acceptors (Lipinski definition) is 4. The summed E-state index contributed by atoms with van der Waals surface area (Å²) in [6.07, 6.45) is 0. The van der Waals surface area contributed by atoms with Crippen LogP contribution in [0.5, 0.6) is 0 Å². The van der Waals surface area contributed by atoms with Crippen LogP contribution in [0, 0.1) is 6.92 Å². The number of nitrogens with zero attached hydrogens (tertiary/aromatic N) is 1. The number of pyridine rings is 1. The molecule has 0 aliphatic heterocycles. The third-order valence-corrected chi connectivity index (χ3v) is 4.85. The van der Waals surface area contributed by atoms with Crippen LogP contribution in [0.2, 0.25) is 0 Å². The molecule has 2 aromatic carbocycles. The molecule has 0 aliphatic rings. The van der Waals surface area contributed by atoms with Crippen molar-refractivity contribution in [1.29, 1.82) is 0 Å². The van der Waals surface area contributed by atoms with E-state index in [-0.39, 0.29) is 5.91 Å². The molecule has 3 aromatic rings. The number of carbonyl (C=O) groups excluding carboxylic acids is 2. The summed E-state index contributed by atoms with van der Waals surface area (Å²) >= 11 is 1.33. The van der Waals surface area contributed by atoms with E-state index in [0.29, 0.717) is 5.69 Å². The first kappa shape index (κ1) is 17.9. The van der Waals surface area contributed by atoms with Gasteiger partial charge in [0.15, 0.2) is 0 Å². The van der Waals surface area contributed by atoms with Gasteiger partial charge in [0.1, 0.15) is 0 Å². The van der Waals surface area contributed by atoms with Crippen molar-refractivity contribution in [1.82, 2.24) is 10.3 Å². The number of fused-ring (bicyclic) bond motifs is 1. The van der Waals surface area contributed by atoms with Crippen LogP contribution in [-0.4, -0.2) is 22.2 Å². The maximum absolute atomic E-state index is 12.3. The highest BCUT2D eigenvalue weighted by atomic mass is 32.2. The first-order chi connectivity index (χ1) is 12.5. The van der Waals surface area contributed by atoms with Crippen molar-refractivity contribution in [2.24, 2.45) is 0 Å². The molecule has 0 radical (unpaired) electrons. The number of nitrogens with one attached hydrogen (secondary N) is 2. The third-order valence-electron chi connectivity index (χ3n) is 3.83. The van der Waals surface area contributed by atoms with Crippen molar-refractivity contribution >= 4 is 40.3 Å². The van der Waals surface area contributed by atoms with Gasteiger partial charge in [-0.05, 0) is 43.7 Å². The summed E-state index contributed by atoms with van der Waals surface area (Å²) in [7, 11) is 0. The van der Waals surface area contributed by atoms with Crippen molar-refractivity contribution < 1.29 is 9.59 Å². The largest absolute Gasteiger partial charge is 0.325 e. The lowest BCUT2D eigenvalue weighted by molar-refractivity contribution is -0.119. The fourth-order valence-corrected chi connectivity index (χ4v) is 3.43. The number of rotatable bonds is 4. The highest BCUT2D eigenvalue weighted by Crippen LogP contribution is 2.26. The van der Waals surface area contributed by atoms with Gasteiger partial charge in [-0.25, -0.2) is 9.78 Å². The van der Waals surface area contributed by atoms with Crippen molar-refractivity contribution in [3.8, 4) is 0 Å². The van der Waals surface area contributed by atoms with Gasteiger partial charge in [0.05, 0.1) is 15.8 Å². The number of anilines is 1. The zero-order valence-corrected chi connectivity index (χ0v) is 15.3. The minimum atomic E-state index is -0.545. The first-order valence-electron chi connectivity index (χ1n) is 8.23. The van der Waals surface area contributed by atoms with Crippen molar-refractivity contribution in [2.45, 2.75) is 24.1 Å². The Morgan fingerprint density at radius 1 is 1.04 bits per heavy atom. The van der Waals surface area contributed by atoms with E-state index in [1.54, 1.807) is 19.1 Å². The molecule has 6 heteroatoms. The monoisotopic (exact) mass is 365 g/mol. The van der Waals surface area contributed by atoms with Gasteiger partial charge in [0, 0.05) is 11.1 Å². The first-order valence-corrected chi connectivity index (χ1v) is 9.11. The van der Waals surface area contributed by atoms with Gasteiger partial charge in [0.2, 0.25) is 5.91 Å². The number of para-hydroxylation sites is 2. The van der Waals surface area contributed by atoms with E-state index in [1.165, 1.54) is 11.8 Å². The molecule has 2 N–H and O–H groups in total. The molecule has 1 aromatic heterocycles. The SMILES string of the molecule is Cc1cc(SC(C)C(=O)NC(=O)Nc2ccccc2)nc2ccccc12. The molecular weight excluding hydrogens is 346 g/mol. The van der Waals surface area contributed by atoms with Gasteiger partial charge in [-0.2, -0.15) is 0 Å². The molecule has 3 rings (SSSR count). The summed E-state index contributed by atoms with van der Waals surface area (Å²) in [5.74, 6) is -0.365. The molecule has 0 bridgehead atoms. The van der Waals surface area contributed by atoms with Gasteiger partial charge in [-0.1, -0.05) is 48.2 Å². The molecule has 3 amide bonds. The van der Waals surface area contributed by atoms with Gasteiger partial charge >= 0.3 is 6.03 Å².